The zero-order valence-electron chi connectivity index (χ0n) is 10.2. The molecule has 0 bridgehead atoms. The van der Waals surface area contributed by atoms with Crippen molar-refractivity contribution in [3.63, 3.8) is 0 Å². The second kappa shape index (κ2) is 5.25. The molecule has 90 valence electrons. The number of hydrogen-bond donors (Lipinski definition) is 1. The van der Waals surface area contributed by atoms with Gasteiger partial charge in [0.05, 0.1) is 16.8 Å². The third-order valence-electron chi connectivity index (χ3n) is 3.25. The van der Waals surface area contributed by atoms with Crippen LogP contribution in [0.2, 0.25) is 0 Å². The van der Waals surface area contributed by atoms with Crippen molar-refractivity contribution in [2.45, 2.75) is 45.3 Å². The summed E-state index contributed by atoms with van der Waals surface area (Å²) < 4.78 is 5.73. The fraction of sp³-hybridized carbons (Fsp3) is 0.750. The third-order valence-corrected chi connectivity index (χ3v) is 4.35. The first-order valence-corrected chi connectivity index (χ1v) is 6.74. The van der Waals surface area contributed by atoms with Gasteiger partial charge in [-0.2, -0.15) is 0 Å². The molecule has 0 saturated carbocycles. The molecule has 16 heavy (non-hydrogen) atoms. The molecule has 1 saturated heterocycles. The van der Waals surface area contributed by atoms with Crippen LogP contribution in [0.4, 0.5) is 0 Å². The zero-order valence-corrected chi connectivity index (χ0v) is 11.1. The van der Waals surface area contributed by atoms with Crippen molar-refractivity contribution in [2.24, 2.45) is 0 Å². The van der Waals surface area contributed by atoms with Gasteiger partial charge < -0.3 is 10.1 Å². The molecule has 0 aromatic carbocycles. The second-order valence-electron chi connectivity index (χ2n) is 4.40. The van der Waals surface area contributed by atoms with Crippen LogP contribution in [-0.2, 0) is 11.2 Å². The molecule has 1 N–H and O–H groups in total. The lowest BCUT2D eigenvalue weighted by atomic mass is 10.1. The first-order chi connectivity index (χ1) is 7.70. The van der Waals surface area contributed by atoms with Crippen LogP contribution in [0.5, 0.6) is 0 Å². The van der Waals surface area contributed by atoms with E-state index < -0.39 is 0 Å². The molecule has 1 aromatic heterocycles. The summed E-state index contributed by atoms with van der Waals surface area (Å²) >= 11 is 1.81. The van der Waals surface area contributed by atoms with Crippen LogP contribution in [0.3, 0.4) is 0 Å². The molecule has 1 fully saturated rings. The number of likely N-dealkylation sites (N-methyl/N-ethyl adjacent to an activating group) is 1. The number of nitrogens with zero attached hydrogens (tertiary/aromatic N) is 1. The first-order valence-electron chi connectivity index (χ1n) is 5.92. The van der Waals surface area contributed by atoms with Gasteiger partial charge in [-0.3, -0.25) is 0 Å². The van der Waals surface area contributed by atoms with E-state index in [9.17, 15) is 0 Å². The third kappa shape index (κ3) is 2.62. The van der Waals surface area contributed by atoms with E-state index in [0.717, 1.165) is 13.0 Å². The molecule has 0 radical (unpaired) electrons. The summed E-state index contributed by atoms with van der Waals surface area (Å²) in [5, 5.41) is 4.59. The van der Waals surface area contributed by atoms with Crippen molar-refractivity contribution < 1.29 is 4.74 Å². The molecule has 2 unspecified atom stereocenters. The summed E-state index contributed by atoms with van der Waals surface area (Å²) in [6, 6.07) is 0.410. The molecule has 2 atom stereocenters. The van der Waals surface area contributed by atoms with E-state index in [1.807, 2.05) is 18.4 Å². The Balaban J connectivity index is 2.00. The van der Waals surface area contributed by atoms with Crippen LogP contribution in [0.25, 0.3) is 0 Å². The lowest BCUT2D eigenvalue weighted by Crippen LogP contribution is -2.39. The quantitative estimate of drug-likeness (QED) is 0.875. The Labute approximate surface area is 101 Å². The van der Waals surface area contributed by atoms with E-state index in [-0.39, 0.29) is 0 Å². The minimum atomic E-state index is 0.370. The van der Waals surface area contributed by atoms with E-state index in [1.165, 1.54) is 28.4 Å². The number of rotatable bonds is 4. The molecule has 0 amide bonds. The Morgan fingerprint density at radius 3 is 2.88 bits per heavy atom. The van der Waals surface area contributed by atoms with Crippen molar-refractivity contribution in [1.82, 2.24) is 10.3 Å². The summed E-state index contributed by atoms with van der Waals surface area (Å²) in [5.41, 5.74) is 1.17. The Kier molecular flexibility index (Phi) is 3.95. The predicted molar refractivity (Wildman–Crippen MR) is 67.1 cm³/mol. The number of ether oxygens (including phenoxy) is 1. The highest BCUT2D eigenvalue weighted by Gasteiger charge is 2.25. The maximum Gasteiger partial charge on any atom is 0.0947 e. The Hall–Kier alpha value is -0.450. The molecule has 1 aliphatic heterocycles. The van der Waals surface area contributed by atoms with E-state index in [1.54, 1.807) is 0 Å². The van der Waals surface area contributed by atoms with Gasteiger partial charge in [0.25, 0.3) is 0 Å². The van der Waals surface area contributed by atoms with E-state index in [2.05, 4.69) is 24.1 Å². The molecule has 0 spiro atoms. The van der Waals surface area contributed by atoms with Gasteiger partial charge in [-0.1, -0.05) is 0 Å². The van der Waals surface area contributed by atoms with Gasteiger partial charge in [0.15, 0.2) is 0 Å². The second-order valence-corrected chi connectivity index (χ2v) is 5.69. The minimum absolute atomic E-state index is 0.370. The van der Waals surface area contributed by atoms with Gasteiger partial charge in [0.1, 0.15) is 0 Å². The van der Waals surface area contributed by atoms with Crippen LogP contribution in [0.1, 0.15) is 28.4 Å². The average molecular weight is 240 g/mol. The SMILES string of the molecule is CNC(Cc1nc(C)c(C)s1)C1CCCO1. The molecule has 4 heteroatoms. The van der Waals surface area contributed by atoms with Gasteiger partial charge in [-0.15, -0.1) is 11.3 Å². The number of aryl methyl sites for hydroxylation is 2. The Morgan fingerprint density at radius 1 is 1.56 bits per heavy atom. The number of hydrogen-bond acceptors (Lipinski definition) is 4. The van der Waals surface area contributed by atoms with Crippen molar-refractivity contribution in [1.29, 1.82) is 0 Å². The summed E-state index contributed by atoms with van der Waals surface area (Å²) in [4.78, 5) is 5.92. The highest BCUT2D eigenvalue weighted by atomic mass is 32.1. The van der Waals surface area contributed by atoms with Gasteiger partial charge in [0.2, 0.25) is 0 Å². The van der Waals surface area contributed by atoms with E-state index >= 15 is 0 Å². The minimum Gasteiger partial charge on any atom is -0.377 e. The highest BCUT2D eigenvalue weighted by Crippen LogP contribution is 2.22. The molecule has 1 aromatic rings. The van der Waals surface area contributed by atoms with Crippen molar-refractivity contribution >= 4 is 11.3 Å². The van der Waals surface area contributed by atoms with Crippen LogP contribution in [-0.4, -0.2) is 30.8 Å². The number of aromatic nitrogens is 1. The van der Waals surface area contributed by atoms with Crippen LogP contribution < -0.4 is 5.32 Å². The summed E-state index contributed by atoms with van der Waals surface area (Å²) in [5.74, 6) is 0. The smallest absolute Gasteiger partial charge is 0.0947 e. The largest absolute Gasteiger partial charge is 0.377 e. The van der Waals surface area contributed by atoms with E-state index in [0.29, 0.717) is 12.1 Å². The van der Waals surface area contributed by atoms with Gasteiger partial charge in [-0.05, 0) is 33.7 Å². The topological polar surface area (TPSA) is 34.2 Å². The van der Waals surface area contributed by atoms with Crippen LogP contribution >= 0.6 is 11.3 Å². The predicted octanol–water partition coefficient (Wildman–Crippen LogP) is 2.07. The Bertz CT molecular complexity index is 325. The average Bonchev–Trinajstić information content (AvgIpc) is 2.86. The molecular formula is C12H20N2OS. The maximum absolute atomic E-state index is 5.73. The normalized spacial score (nSPS) is 22.6. The zero-order chi connectivity index (χ0) is 11.5. The van der Waals surface area contributed by atoms with Crippen molar-refractivity contribution in [3.05, 3.63) is 15.6 Å². The van der Waals surface area contributed by atoms with Crippen LogP contribution in [0.15, 0.2) is 0 Å². The molecule has 2 heterocycles. The summed E-state index contributed by atoms with van der Waals surface area (Å²) in [6.45, 7) is 5.13. The van der Waals surface area contributed by atoms with E-state index in [4.69, 9.17) is 4.74 Å². The van der Waals surface area contributed by atoms with Crippen LogP contribution in [0, 0.1) is 13.8 Å². The fourth-order valence-corrected chi connectivity index (χ4v) is 3.15. The Morgan fingerprint density at radius 2 is 2.38 bits per heavy atom. The van der Waals surface area contributed by atoms with Gasteiger partial charge in [-0.25, -0.2) is 4.98 Å². The van der Waals surface area contributed by atoms with Gasteiger partial charge in [0, 0.05) is 23.9 Å². The maximum atomic E-state index is 5.73. The number of thiazole rings is 1. The highest BCUT2D eigenvalue weighted by molar-refractivity contribution is 7.11. The monoisotopic (exact) mass is 240 g/mol. The van der Waals surface area contributed by atoms with Crippen molar-refractivity contribution in [2.75, 3.05) is 13.7 Å². The fourth-order valence-electron chi connectivity index (χ4n) is 2.15. The molecule has 3 nitrogen and oxygen atoms in total. The molecule has 1 aliphatic rings. The first kappa shape index (κ1) is 12.0. The summed E-state index contributed by atoms with van der Waals surface area (Å²) in [6.07, 6.45) is 3.73. The molecule has 2 rings (SSSR count). The van der Waals surface area contributed by atoms with Gasteiger partial charge >= 0.3 is 0 Å². The number of nitrogens with one attached hydrogen (secondary N) is 1. The molecular weight excluding hydrogens is 220 g/mol. The standard InChI is InChI=1S/C12H20N2OS/c1-8-9(2)16-12(14-8)7-10(13-3)11-5-4-6-15-11/h10-11,13H,4-7H2,1-3H3. The molecule has 0 aliphatic carbocycles. The lowest BCUT2D eigenvalue weighted by Gasteiger charge is -2.21. The van der Waals surface area contributed by atoms with Crippen molar-refractivity contribution in [3.8, 4) is 0 Å². The lowest BCUT2D eigenvalue weighted by molar-refractivity contribution is 0.0808. The summed E-state index contributed by atoms with van der Waals surface area (Å²) in [7, 11) is 2.01.